The fourth-order valence-electron chi connectivity index (χ4n) is 14.3. The molecule has 8 heteroatoms. The third kappa shape index (κ3) is 6.94. The van der Waals surface area contributed by atoms with Crippen molar-refractivity contribution in [3.63, 3.8) is 0 Å². The van der Waals surface area contributed by atoms with Crippen LogP contribution in [0.1, 0.15) is 152 Å². The normalized spacial score (nSPS) is 41.9. The average Bonchev–Trinajstić information content (AvgIpc) is 3.43. The zero-order valence-corrected chi connectivity index (χ0v) is 34.7. The molecule has 5 saturated carbocycles. The summed E-state index contributed by atoms with van der Waals surface area (Å²) < 4.78 is 26.5. The SMILES string of the molecule is C=C(C)C1CC[C@]2(CCOC(=O)CN3CCC(C)(F)CC3)CC[C@]3(C)[C@H](CC[C@@H]4[C@@]5(C)CC[C@H](OC(=O)CC(C)(C)C(=O)O)C(C)(C)[C@@H]5CC[C@]43C)[C@@H]12. The molecule has 1 unspecified atom stereocenters. The van der Waals surface area contributed by atoms with E-state index in [1.54, 1.807) is 20.8 Å². The van der Waals surface area contributed by atoms with Crippen LogP contribution in [0.15, 0.2) is 12.2 Å². The second kappa shape index (κ2) is 13.9. The van der Waals surface area contributed by atoms with Gasteiger partial charge in [-0.1, -0.05) is 46.8 Å². The van der Waals surface area contributed by atoms with Crippen LogP contribution in [0, 0.1) is 62.1 Å². The first kappa shape index (κ1) is 40.7. The predicted octanol–water partition coefficient (Wildman–Crippen LogP) is 9.81. The fourth-order valence-corrected chi connectivity index (χ4v) is 14.3. The van der Waals surface area contributed by atoms with Gasteiger partial charge >= 0.3 is 17.9 Å². The summed E-state index contributed by atoms with van der Waals surface area (Å²) in [6, 6.07) is 0. The number of carboxylic acid groups (broad SMARTS) is 1. The van der Waals surface area contributed by atoms with E-state index in [0.29, 0.717) is 62.1 Å². The Hall–Kier alpha value is -1.96. The first-order valence-corrected chi connectivity index (χ1v) is 21.2. The van der Waals surface area contributed by atoms with Crippen molar-refractivity contribution in [2.45, 2.75) is 164 Å². The van der Waals surface area contributed by atoms with Gasteiger partial charge in [-0.2, -0.15) is 0 Å². The van der Waals surface area contributed by atoms with Crippen molar-refractivity contribution < 1.29 is 33.4 Å². The zero-order valence-electron chi connectivity index (χ0n) is 34.7. The van der Waals surface area contributed by atoms with E-state index in [9.17, 15) is 23.9 Å². The number of halogens is 1. The molecule has 6 aliphatic rings. The minimum atomic E-state index is -1.15. The lowest BCUT2D eigenvalue weighted by Crippen LogP contribution is -2.66. The molecule has 0 bridgehead atoms. The van der Waals surface area contributed by atoms with Crippen LogP contribution in [0.5, 0.6) is 0 Å². The Morgan fingerprint density at radius 3 is 2.15 bits per heavy atom. The standard InChI is InChI=1S/C45H72FNO6/c1-29(2)30-13-18-45(23-26-52-36(49)28-47-24-21-41(7,46)22-25-47)20-19-43(9)31(37(30)45)11-12-33-42(8)16-15-34(53-35(48)27-39(3,4)38(50)51)40(5,6)32(42)14-17-44(33,43)10/h30-34,37H,1,11-28H2,2-10H3,(H,50,51)/t30?,31-,32+,33-,34+,37-,42+,43-,44-,45-/m1/s1. The summed E-state index contributed by atoms with van der Waals surface area (Å²) in [5, 5.41) is 9.61. The van der Waals surface area contributed by atoms with E-state index < -0.39 is 23.0 Å². The number of carbonyl (C=O) groups excluding carboxylic acids is 2. The van der Waals surface area contributed by atoms with E-state index in [1.807, 2.05) is 4.90 Å². The molecule has 10 atom stereocenters. The summed E-state index contributed by atoms with van der Waals surface area (Å²) in [7, 11) is 0. The number of hydrogen-bond donors (Lipinski definition) is 1. The second-order valence-electron chi connectivity index (χ2n) is 21.4. The zero-order chi connectivity index (χ0) is 39.0. The molecule has 1 heterocycles. The molecule has 1 aliphatic heterocycles. The van der Waals surface area contributed by atoms with Crippen LogP contribution in [-0.2, 0) is 23.9 Å². The molecule has 0 radical (unpaired) electrons. The first-order chi connectivity index (χ1) is 24.5. The maximum Gasteiger partial charge on any atom is 0.320 e. The third-order valence-corrected chi connectivity index (χ3v) is 17.7. The van der Waals surface area contributed by atoms with Crippen molar-refractivity contribution in [1.29, 1.82) is 0 Å². The number of fused-ring (bicyclic) bond motifs is 7. The average molecular weight is 742 g/mol. The Morgan fingerprint density at radius 1 is 0.830 bits per heavy atom. The lowest BCUT2D eigenvalue weighted by molar-refractivity contribution is -0.251. The summed E-state index contributed by atoms with van der Waals surface area (Å²) >= 11 is 0. The fraction of sp³-hybridized carbons (Fsp3) is 0.889. The highest BCUT2D eigenvalue weighted by molar-refractivity contribution is 5.81. The van der Waals surface area contributed by atoms with Gasteiger partial charge in [-0.05, 0) is 162 Å². The number of rotatable bonds is 10. The molecule has 0 aromatic carbocycles. The maximum atomic E-state index is 14.3. The van der Waals surface area contributed by atoms with Gasteiger partial charge in [-0.3, -0.25) is 19.3 Å². The van der Waals surface area contributed by atoms with Crippen molar-refractivity contribution in [1.82, 2.24) is 4.90 Å². The van der Waals surface area contributed by atoms with E-state index >= 15 is 0 Å². The van der Waals surface area contributed by atoms with Gasteiger partial charge in [0.25, 0.3) is 0 Å². The summed E-state index contributed by atoms with van der Waals surface area (Å²) in [6.07, 6.45) is 12.8. The summed E-state index contributed by atoms with van der Waals surface area (Å²) in [5.74, 6) is 1.10. The highest BCUT2D eigenvalue weighted by atomic mass is 19.1. The quantitative estimate of drug-likeness (QED) is 0.176. The Bertz CT molecular complexity index is 1450. The molecule has 0 spiro atoms. The molecule has 1 N–H and O–H groups in total. The lowest BCUT2D eigenvalue weighted by atomic mass is 9.32. The summed E-state index contributed by atoms with van der Waals surface area (Å²) in [4.78, 5) is 39.9. The molecule has 53 heavy (non-hydrogen) atoms. The van der Waals surface area contributed by atoms with Crippen LogP contribution >= 0.6 is 0 Å². The topological polar surface area (TPSA) is 93.1 Å². The predicted molar refractivity (Wildman–Crippen MR) is 206 cm³/mol. The molecule has 5 aliphatic carbocycles. The number of ether oxygens (including phenoxy) is 2. The number of piperidine rings is 1. The van der Waals surface area contributed by atoms with Crippen molar-refractivity contribution in [3.05, 3.63) is 12.2 Å². The van der Waals surface area contributed by atoms with E-state index in [0.717, 1.165) is 25.7 Å². The van der Waals surface area contributed by atoms with Gasteiger partial charge in [0, 0.05) is 18.5 Å². The molecule has 0 aromatic rings. The number of esters is 2. The summed E-state index contributed by atoms with van der Waals surface area (Å²) in [6.45, 7) is 26.0. The number of aliphatic carboxylic acids is 1. The third-order valence-electron chi connectivity index (χ3n) is 17.7. The molecule has 7 nitrogen and oxygen atoms in total. The maximum absolute atomic E-state index is 14.3. The minimum absolute atomic E-state index is 0.118. The monoisotopic (exact) mass is 742 g/mol. The molecular weight excluding hydrogens is 669 g/mol. The Morgan fingerprint density at radius 2 is 1.51 bits per heavy atom. The number of hydrogen-bond acceptors (Lipinski definition) is 6. The van der Waals surface area contributed by atoms with E-state index in [4.69, 9.17) is 9.47 Å². The van der Waals surface area contributed by atoms with Gasteiger partial charge in [0.2, 0.25) is 0 Å². The van der Waals surface area contributed by atoms with Crippen LogP contribution in [0.3, 0.4) is 0 Å². The highest BCUT2D eigenvalue weighted by Crippen LogP contribution is 2.78. The Balaban J connectivity index is 1.16. The number of allylic oxidation sites excluding steroid dienone is 1. The van der Waals surface area contributed by atoms with Crippen LogP contribution in [-0.4, -0.2) is 65.9 Å². The molecule has 6 rings (SSSR count). The molecule has 1 saturated heterocycles. The summed E-state index contributed by atoms with van der Waals surface area (Å²) in [5.41, 5.74) is -0.478. The van der Waals surface area contributed by atoms with Gasteiger partial charge in [0.05, 0.1) is 25.0 Å². The molecule has 6 fully saturated rings. The van der Waals surface area contributed by atoms with Gasteiger partial charge < -0.3 is 14.6 Å². The van der Waals surface area contributed by atoms with Crippen molar-refractivity contribution in [3.8, 4) is 0 Å². The van der Waals surface area contributed by atoms with Crippen LogP contribution in [0.4, 0.5) is 4.39 Å². The van der Waals surface area contributed by atoms with Gasteiger partial charge in [0.1, 0.15) is 11.8 Å². The van der Waals surface area contributed by atoms with Crippen LogP contribution < -0.4 is 0 Å². The Kier molecular flexibility index (Phi) is 10.7. The number of likely N-dealkylation sites (tertiary alicyclic amines) is 1. The van der Waals surface area contributed by atoms with Crippen molar-refractivity contribution in [2.75, 3.05) is 26.2 Å². The first-order valence-electron chi connectivity index (χ1n) is 21.2. The largest absolute Gasteiger partial charge is 0.481 e. The van der Waals surface area contributed by atoms with E-state index in [2.05, 4.69) is 48.1 Å². The number of carboxylic acids is 1. The number of carbonyl (C=O) groups is 3. The van der Waals surface area contributed by atoms with Gasteiger partial charge in [0.15, 0.2) is 0 Å². The van der Waals surface area contributed by atoms with E-state index in [-0.39, 0.29) is 52.1 Å². The van der Waals surface area contributed by atoms with Crippen LogP contribution in [0.2, 0.25) is 0 Å². The van der Waals surface area contributed by atoms with Gasteiger partial charge in [-0.25, -0.2) is 4.39 Å². The van der Waals surface area contributed by atoms with Crippen molar-refractivity contribution >= 4 is 17.9 Å². The molecule has 0 amide bonds. The number of alkyl halides is 1. The lowest BCUT2D eigenvalue weighted by Gasteiger charge is -2.73. The van der Waals surface area contributed by atoms with Gasteiger partial charge in [-0.15, -0.1) is 0 Å². The number of nitrogens with zero attached hydrogens (tertiary/aromatic N) is 1. The van der Waals surface area contributed by atoms with E-state index in [1.165, 1.54) is 50.5 Å². The van der Waals surface area contributed by atoms with Crippen molar-refractivity contribution in [2.24, 2.45) is 62.1 Å². The Labute approximate surface area is 320 Å². The molecular formula is C45H72FNO6. The minimum Gasteiger partial charge on any atom is -0.481 e. The highest BCUT2D eigenvalue weighted by Gasteiger charge is 2.71. The smallest absolute Gasteiger partial charge is 0.320 e. The van der Waals surface area contributed by atoms with Crippen LogP contribution in [0.25, 0.3) is 0 Å². The molecule has 0 aromatic heterocycles. The second-order valence-corrected chi connectivity index (χ2v) is 21.4. The molecule has 300 valence electrons.